The van der Waals surface area contributed by atoms with Crippen LogP contribution in [0.15, 0.2) is 18.2 Å². The van der Waals surface area contributed by atoms with E-state index in [4.69, 9.17) is 5.11 Å². The molecule has 1 aliphatic heterocycles. The zero-order valence-corrected chi connectivity index (χ0v) is 12.2. The topological polar surface area (TPSA) is 40.5 Å². The van der Waals surface area contributed by atoms with Crippen LogP contribution in [0.3, 0.4) is 0 Å². The van der Waals surface area contributed by atoms with E-state index in [1.54, 1.807) is 6.07 Å². The Kier molecular flexibility index (Phi) is 4.24. The minimum absolute atomic E-state index is 0.218. The Morgan fingerprint density at radius 2 is 2.00 bits per heavy atom. The molecule has 2 atom stereocenters. The number of hydrogen-bond donors (Lipinski definition) is 1. The van der Waals surface area contributed by atoms with Crippen LogP contribution in [-0.2, 0) is 6.54 Å². The van der Waals surface area contributed by atoms with Gasteiger partial charge in [0.1, 0.15) is 5.82 Å². The van der Waals surface area contributed by atoms with E-state index in [1.807, 2.05) is 0 Å². The van der Waals surface area contributed by atoms with Crippen LogP contribution in [0, 0.1) is 11.7 Å². The number of piperidine rings is 1. The second-order valence-electron chi connectivity index (χ2n) is 6.34. The monoisotopic (exact) mass is 291 g/mol. The smallest absolute Gasteiger partial charge is 0.338 e. The van der Waals surface area contributed by atoms with Crippen molar-refractivity contribution in [1.29, 1.82) is 0 Å². The molecule has 1 aromatic carbocycles. The molecule has 2 unspecified atom stereocenters. The molecule has 0 spiro atoms. The number of carboxylic acid groups (broad SMARTS) is 1. The molecule has 3 nitrogen and oxygen atoms in total. The zero-order valence-electron chi connectivity index (χ0n) is 12.2. The lowest BCUT2D eigenvalue weighted by Gasteiger charge is -2.44. The van der Waals surface area contributed by atoms with Gasteiger partial charge in [0.05, 0.1) is 5.56 Å². The maximum absolute atomic E-state index is 13.5. The van der Waals surface area contributed by atoms with Gasteiger partial charge in [-0.1, -0.05) is 18.9 Å². The summed E-state index contributed by atoms with van der Waals surface area (Å²) >= 11 is 0. The largest absolute Gasteiger partial charge is 0.478 e. The second-order valence-corrected chi connectivity index (χ2v) is 6.34. The van der Waals surface area contributed by atoms with Crippen LogP contribution in [-0.4, -0.2) is 28.6 Å². The van der Waals surface area contributed by atoms with Gasteiger partial charge in [-0.3, -0.25) is 4.90 Å². The van der Waals surface area contributed by atoms with E-state index >= 15 is 0 Å². The first-order chi connectivity index (χ1) is 10.1. The van der Waals surface area contributed by atoms with Gasteiger partial charge in [-0.2, -0.15) is 0 Å². The number of benzene rings is 1. The van der Waals surface area contributed by atoms with Crippen molar-refractivity contribution in [2.75, 3.05) is 6.54 Å². The minimum Gasteiger partial charge on any atom is -0.478 e. The van der Waals surface area contributed by atoms with Gasteiger partial charge in [-0.05, 0) is 55.8 Å². The molecule has 2 aliphatic rings. The Balaban J connectivity index is 1.76. The van der Waals surface area contributed by atoms with Gasteiger partial charge in [0, 0.05) is 12.6 Å². The standard InChI is InChI=1S/C17H22FNO2/c18-15-8-7-12(10-14(15)17(20)21)11-19-9-3-5-13-4-1-2-6-16(13)19/h7-8,10,13,16H,1-6,9,11H2,(H,20,21). The van der Waals surface area contributed by atoms with Crippen molar-refractivity contribution in [2.24, 2.45) is 5.92 Å². The molecule has 1 aromatic rings. The van der Waals surface area contributed by atoms with Crippen molar-refractivity contribution in [2.45, 2.75) is 51.1 Å². The molecule has 1 aliphatic carbocycles. The number of rotatable bonds is 3. The first-order valence-corrected chi connectivity index (χ1v) is 7.91. The van der Waals surface area contributed by atoms with Gasteiger partial charge >= 0.3 is 5.97 Å². The Hall–Kier alpha value is -1.42. The Bertz CT molecular complexity index is 530. The quantitative estimate of drug-likeness (QED) is 0.923. The Morgan fingerprint density at radius 1 is 1.24 bits per heavy atom. The van der Waals surface area contributed by atoms with E-state index in [1.165, 1.54) is 50.7 Å². The zero-order chi connectivity index (χ0) is 14.8. The van der Waals surface area contributed by atoms with Crippen LogP contribution in [0.5, 0.6) is 0 Å². The number of carboxylic acids is 1. The highest BCUT2D eigenvalue weighted by molar-refractivity contribution is 5.88. The van der Waals surface area contributed by atoms with Crippen LogP contribution in [0.2, 0.25) is 0 Å². The molecule has 1 saturated carbocycles. The van der Waals surface area contributed by atoms with Crippen molar-refractivity contribution in [1.82, 2.24) is 4.90 Å². The summed E-state index contributed by atoms with van der Waals surface area (Å²) in [5.74, 6) is -1.05. The number of nitrogens with zero attached hydrogens (tertiary/aromatic N) is 1. The van der Waals surface area contributed by atoms with Crippen molar-refractivity contribution >= 4 is 5.97 Å². The third-order valence-electron chi connectivity index (χ3n) is 5.01. The molecule has 0 aromatic heterocycles. The number of halogens is 1. The van der Waals surface area contributed by atoms with Gasteiger partial charge in [-0.25, -0.2) is 9.18 Å². The molecule has 0 bridgehead atoms. The highest BCUT2D eigenvalue weighted by Crippen LogP contribution is 2.36. The fourth-order valence-corrected chi connectivity index (χ4v) is 3.99. The highest BCUT2D eigenvalue weighted by Gasteiger charge is 2.33. The van der Waals surface area contributed by atoms with Crippen LogP contribution in [0.1, 0.15) is 54.4 Å². The van der Waals surface area contributed by atoms with Crippen molar-refractivity contribution in [3.63, 3.8) is 0 Å². The summed E-state index contributed by atoms with van der Waals surface area (Å²) in [6, 6.07) is 5.12. The van der Waals surface area contributed by atoms with Crippen LogP contribution in [0.4, 0.5) is 4.39 Å². The lowest BCUT2D eigenvalue weighted by molar-refractivity contribution is 0.0546. The fourth-order valence-electron chi connectivity index (χ4n) is 3.99. The fraction of sp³-hybridized carbons (Fsp3) is 0.588. The molecule has 3 rings (SSSR count). The predicted octanol–water partition coefficient (Wildman–Crippen LogP) is 3.68. The molecule has 1 N–H and O–H groups in total. The molecule has 2 fully saturated rings. The van der Waals surface area contributed by atoms with Crippen molar-refractivity contribution in [3.8, 4) is 0 Å². The van der Waals surface area contributed by atoms with Gasteiger partial charge < -0.3 is 5.11 Å². The third-order valence-corrected chi connectivity index (χ3v) is 5.01. The van der Waals surface area contributed by atoms with E-state index in [-0.39, 0.29) is 5.56 Å². The molecular weight excluding hydrogens is 269 g/mol. The predicted molar refractivity (Wildman–Crippen MR) is 78.7 cm³/mol. The molecule has 0 amide bonds. The van der Waals surface area contributed by atoms with Crippen molar-refractivity contribution in [3.05, 3.63) is 35.1 Å². The first-order valence-electron chi connectivity index (χ1n) is 7.91. The number of likely N-dealkylation sites (tertiary alicyclic amines) is 1. The summed E-state index contributed by atoms with van der Waals surface area (Å²) in [4.78, 5) is 13.5. The highest BCUT2D eigenvalue weighted by atomic mass is 19.1. The van der Waals surface area contributed by atoms with Gasteiger partial charge in [0.25, 0.3) is 0 Å². The van der Waals surface area contributed by atoms with Gasteiger partial charge in [0.15, 0.2) is 0 Å². The molecular formula is C17H22FNO2. The van der Waals surface area contributed by atoms with Gasteiger partial charge in [-0.15, -0.1) is 0 Å². The van der Waals surface area contributed by atoms with E-state index in [0.29, 0.717) is 6.04 Å². The summed E-state index contributed by atoms with van der Waals surface area (Å²) < 4.78 is 13.5. The maximum Gasteiger partial charge on any atom is 0.338 e. The van der Waals surface area contributed by atoms with Crippen LogP contribution >= 0.6 is 0 Å². The Morgan fingerprint density at radius 3 is 2.81 bits per heavy atom. The van der Waals surface area contributed by atoms with Crippen LogP contribution < -0.4 is 0 Å². The van der Waals surface area contributed by atoms with E-state index in [9.17, 15) is 9.18 Å². The summed E-state index contributed by atoms with van der Waals surface area (Å²) in [6.07, 6.45) is 7.75. The van der Waals surface area contributed by atoms with Gasteiger partial charge in [0.2, 0.25) is 0 Å². The van der Waals surface area contributed by atoms with Crippen molar-refractivity contribution < 1.29 is 14.3 Å². The summed E-state index contributed by atoms with van der Waals surface area (Å²) in [6.45, 7) is 1.81. The lowest BCUT2D eigenvalue weighted by atomic mass is 9.78. The van der Waals surface area contributed by atoms with E-state index in [2.05, 4.69) is 4.90 Å². The second kappa shape index (κ2) is 6.14. The normalized spacial score (nSPS) is 26.3. The average molecular weight is 291 g/mol. The lowest BCUT2D eigenvalue weighted by Crippen LogP contribution is -2.46. The minimum atomic E-state index is -1.19. The molecule has 114 valence electrons. The van der Waals surface area contributed by atoms with E-state index < -0.39 is 11.8 Å². The third kappa shape index (κ3) is 3.10. The maximum atomic E-state index is 13.5. The molecule has 0 radical (unpaired) electrons. The molecule has 4 heteroatoms. The Labute approximate surface area is 124 Å². The molecule has 21 heavy (non-hydrogen) atoms. The first kappa shape index (κ1) is 14.5. The summed E-state index contributed by atoms with van der Waals surface area (Å²) in [7, 11) is 0. The van der Waals surface area contributed by atoms with E-state index in [0.717, 1.165) is 24.6 Å². The molecule has 1 heterocycles. The molecule has 1 saturated heterocycles. The number of hydrogen-bond acceptors (Lipinski definition) is 2. The summed E-state index contributed by atoms with van der Waals surface area (Å²) in [5, 5.41) is 9.03. The number of fused-ring (bicyclic) bond motifs is 1. The SMILES string of the molecule is O=C(O)c1cc(CN2CCCC3CCCCC32)ccc1F. The number of carbonyl (C=O) groups is 1. The number of aromatic carboxylic acids is 1. The summed E-state index contributed by atoms with van der Waals surface area (Å²) in [5.41, 5.74) is 0.685. The van der Waals surface area contributed by atoms with Crippen LogP contribution in [0.25, 0.3) is 0 Å². The average Bonchev–Trinajstić information content (AvgIpc) is 2.49.